The molecule has 30 heavy (non-hydrogen) atoms. The number of hydrogen-bond donors (Lipinski definition) is 1. The summed E-state index contributed by atoms with van der Waals surface area (Å²) in [6, 6.07) is 15.7. The standard InChI is InChI=1S/C23H22FN3O3/c24-18-9-5-4-8-17(18)23(29)25-12-10-22(28)27-13-11-20-19(15-27)26-21(30-20)14-16-6-2-1-3-7-16/h1-9H,10-15H2,(H,25,29). The van der Waals surface area contributed by atoms with Crippen molar-refractivity contribution in [1.29, 1.82) is 0 Å². The van der Waals surface area contributed by atoms with Crippen LogP contribution in [0.25, 0.3) is 0 Å². The maximum Gasteiger partial charge on any atom is 0.254 e. The summed E-state index contributed by atoms with van der Waals surface area (Å²) in [4.78, 5) is 30.9. The predicted octanol–water partition coefficient (Wildman–Crippen LogP) is 3.11. The molecule has 1 aromatic heterocycles. The van der Waals surface area contributed by atoms with Gasteiger partial charge in [0.2, 0.25) is 5.91 Å². The van der Waals surface area contributed by atoms with E-state index < -0.39 is 11.7 Å². The van der Waals surface area contributed by atoms with E-state index in [1.807, 2.05) is 30.3 Å². The zero-order valence-corrected chi connectivity index (χ0v) is 16.4. The van der Waals surface area contributed by atoms with Gasteiger partial charge in [0.25, 0.3) is 5.91 Å². The summed E-state index contributed by atoms with van der Waals surface area (Å²) in [5, 5.41) is 2.60. The Morgan fingerprint density at radius 2 is 1.87 bits per heavy atom. The fourth-order valence-electron chi connectivity index (χ4n) is 3.49. The minimum absolute atomic E-state index is 0.0268. The summed E-state index contributed by atoms with van der Waals surface area (Å²) in [5.74, 6) is 0.295. The molecule has 0 saturated heterocycles. The molecule has 1 aliphatic heterocycles. The molecule has 1 N–H and O–H groups in total. The molecule has 0 spiro atoms. The molecule has 0 bridgehead atoms. The molecular formula is C23H22FN3O3. The molecule has 4 rings (SSSR count). The van der Waals surface area contributed by atoms with Crippen LogP contribution in [0.2, 0.25) is 0 Å². The molecule has 2 amide bonds. The first-order chi connectivity index (χ1) is 14.6. The van der Waals surface area contributed by atoms with Crippen molar-refractivity contribution in [3.63, 3.8) is 0 Å². The van der Waals surface area contributed by atoms with E-state index in [2.05, 4.69) is 10.3 Å². The van der Waals surface area contributed by atoms with Gasteiger partial charge in [-0.25, -0.2) is 9.37 Å². The number of nitrogens with zero attached hydrogens (tertiary/aromatic N) is 2. The first kappa shape index (κ1) is 19.8. The number of fused-ring (bicyclic) bond motifs is 1. The van der Waals surface area contributed by atoms with E-state index in [0.29, 0.717) is 31.8 Å². The third-order valence-corrected chi connectivity index (χ3v) is 5.07. The van der Waals surface area contributed by atoms with Crippen molar-refractivity contribution in [3.05, 3.63) is 88.9 Å². The van der Waals surface area contributed by atoms with Gasteiger partial charge < -0.3 is 14.6 Å². The lowest BCUT2D eigenvalue weighted by Crippen LogP contribution is -2.38. The van der Waals surface area contributed by atoms with Gasteiger partial charge in [0.05, 0.1) is 12.1 Å². The van der Waals surface area contributed by atoms with Gasteiger partial charge in [0.1, 0.15) is 17.3 Å². The van der Waals surface area contributed by atoms with E-state index in [0.717, 1.165) is 17.0 Å². The Labute approximate surface area is 173 Å². The van der Waals surface area contributed by atoms with Crippen LogP contribution in [-0.4, -0.2) is 34.8 Å². The molecule has 154 valence electrons. The summed E-state index contributed by atoms with van der Waals surface area (Å²) in [6.45, 7) is 1.09. The summed E-state index contributed by atoms with van der Waals surface area (Å²) in [6.07, 6.45) is 1.37. The zero-order valence-electron chi connectivity index (χ0n) is 16.4. The highest BCUT2D eigenvalue weighted by Crippen LogP contribution is 2.22. The second-order valence-electron chi connectivity index (χ2n) is 7.19. The topological polar surface area (TPSA) is 75.4 Å². The largest absolute Gasteiger partial charge is 0.445 e. The van der Waals surface area contributed by atoms with Crippen LogP contribution in [-0.2, 0) is 24.2 Å². The molecule has 0 aliphatic carbocycles. The van der Waals surface area contributed by atoms with Crippen molar-refractivity contribution < 1.29 is 18.4 Å². The number of amides is 2. The van der Waals surface area contributed by atoms with Crippen molar-refractivity contribution in [2.24, 2.45) is 0 Å². The number of carbonyl (C=O) groups is 2. The molecule has 2 heterocycles. The Morgan fingerprint density at radius 3 is 2.67 bits per heavy atom. The van der Waals surface area contributed by atoms with E-state index in [1.165, 1.54) is 18.2 Å². The van der Waals surface area contributed by atoms with Crippen LogP contribution < -0.4 is 5.32 Å². The number of hydrogen-bond acceptors (Lipinski definition) is 4. The van der Waals surface area contributed by atoms with E-state index in [-0.39, 0.29) is 24.4 Å². The van der Waals surface area contributed by atoms with Crippen LogP contribution in [0, 0.1) is 5.82 Å². The molecule has 2 aromatic carbocycles. The zero-order chi connectivity index (χ0) is 20.9. The Bertz CT molecular complexity index is 1050. The Morgan fingerprint density at radius 1 is 1.10 bits per heavy atom. The molecule has 1 aliphatic rings. The number of aromatic nitrogens is 1. The average Bonchev–Trinajstić information content (AvgIpc) is 3.16. The fraction of sp³-hybridized carbons (Fsp3) is 0.261. The second-order valence-corrected chi connectivity index (χ2v) is 7.19. The van der Waals surface area contributed by atoms with E-state index >= 15 is 0 Å². The van der Waals surface area contributed by atoms with Gasteiger partial charge in [-0.1, -0.05) is 42.5 Å². The Hall–Kier alpha value is -3.48. The fourth-order valence-corrected chi connectivity index (χ4v) is 3.49. The molecule has 0 radical (unpaired) electrons. The summed E-state index contributed by atoms with van der Waals surface area (Å²) in [5.41, 5.74) is 1.88. The minimum atomic E-state index is -0.581. The smallest absolute Gasteiger partial charge is 0.254 e. The van der Waals surface area contributed by atoms with Crippen molar-refractivity contribution in [2.45, 2.75) is 25.8 Å². The van der Waals surface area contributed by atoms with Crippen molar-refractivity contribution in [2.75, 3.05) is 13.1 Å². The average molecular weight is 407 g/mol. The van der Waals surface area contributed by atoms with Crippen LogP contribution >= 0.6 is 0 Å². The first-order valence-electron chi connectivity index (χ1n) is 9.92. The predicted molar refractivity (Wildman–Crippen MR) is 108 cm³/mol. The number of oxazole rings is 1. The van der Waals surface area contributed by atoms with Gasteiger partial charge in [-0.2, -0.15) is 0 Å². The van der Waals surface area contributed by atoms with Crippen LogP contribution in [0.5, 0.6) is 0 Å². The maximum absolute atomic E-state index is 13.6. The molecule has 7 heteroatoms. The van der Waals surface area contributed by atoms with Crippen LogP contribution in [0.3, 0.4) is 0 Å². The monoisotopic (exact) mass is 407 g/mol. The quantitative estimate of drug-likeness (QED) is 0.681. The summed E-state index contributed by atoms with van der Waals surface area (Å²) < 4.78 is 19.5. The number of carbonyl (C=O) groups excluding carboxylic acids is 2. The third kappa shape index (κ3) is 4.56. The van der Waals surface area contributed by atoms with Crippen LogP contribution in [0.1, 0.15) is 39.7 Å². The lowest BCUT2D eigenvalue weighted by Gasteiger charge is -2.25. The number of halogens is 1. The molecular weight excluding hydrogens is 385 g/mol. The van der Waals surface area contributed by atoms with Gasteiger partial charge in [-0.05, 0) is 17.7 Å². The second kappa shape index (κ2) is 8.90. The van der Waals surface area contributed by atoms with Crippen molar-refractivity contribution in [3.8, 4) is 0 Å². The van der Waals surface area contributed by atoms with Gasteiger partial charge in [-0.3, -0.25) is 9.59 Å². The first-order valence-corrected chi connectivity index (χ1v) is 9.92. The van der Waals surface area contributed by atoms with E-state index in [9.17, 15) is 14.0 Å². The van der Waals surface area contributed by atoms with E-state index in [4.69, 9.17) is 4.42 Å². The highest BCUT2D eigenvalue weighted by atomic mass is 19.1. The van der Waals surface area contributed by atoms with Gasteiger partial charge in [-0.15, -0.1) is 0 Å². The Kier molecular flexibility index (Phi) is 5.88. The molecule has 0 atom stereocenters. The molecule has 0 fully saturated rings. The highest BCUT2D eigenvalue weighted by molar-refractivity contribution is 5.94. The van der Waals surface area contributed by atoms with Gasteiger partial charge >= 0.3 is 0 Å². The van der Waals surface area contributed by atoms with Gasteiger partial charge in [0, 0.05) is 32.4 Å². The van der Waals surface area contributed by atoms with E-state index in [1.54, 1.807) is 11.0 Å². The third-order valence-electron chi connectivity index (χ3n) is 5.07. The number of rotatable bonds is 6. The maximum atomic E-state index is 13.6. The van der Waals surface area contributed by atoms with Crippen molar-refractivity contribution in [1.82, 2.24) is 15.2 Å². The summed E-state index contributed by atoms with van der Waals surface area (Å²) in [7, 11) is 0. The van der Waals surface area contributed by atoms with Crippen molar-refractivity contribution >= 4 is 11.8 Å². The lowest BCUT2D eigenvalue weighted by molar-refractivity contribution is -0.132. The van der Waals surface area contributed by atoms with Gasteiger partial charge in [0.15, 0.2) is 5.89 Å². The highest BCUT2D eigenvalue weighted by Gasteiger charge is 2.25. The SMILES string of the molecule is O=C(NCCC(=O)N1CCc2oc(Cc3ccccc3)nc2C1)c1ccccc1F. The molecule has 0 saturated carbocycles. The van der Waals surface area contributed by atoms with Crippen LogP contribution in [0.15, 0.2) is 59.0 Å². The molecule has 0 unspecified atom stereocenters. The molecule has 3 aromatic rings. The number of benzene rings is 2. The van der Waals surface area contributed by atoms with Crippen LogP contribution in [0.4, 0.5) is 4.39 Å². The Balaban J connectivity index is 1.29. The molecule has 6 nitrogen and oxygen atoms in total. The minimum Gasteiger partial charge on any atom is -0.445 e. The normalized spacial score (nSPS) is 13.0. The lowest BCUT2D eigenvalue weighted by atomic mass is 10.1. The summed E-state index contributed by atoms with van der Waals surface area (Å²) >= 11 is 0. The number of nitrogens with one attached hydrogen (secondary N) is 1.